The van der Waals surface area contributed by atoms with Gasteiger partial charge in [-0.3, -0.25) is 0 Å². The molecule has 0 saturated carbocycles. The maximum atomic E-state index is 13.8. The van der Waals surface area contributed by atoms with Crippen LogP contribution in [0.4, 0.5) is 8.78 Å². The van der Waals surface area contributed by atoms with Gasteiger partial charge in [0.25, 0.3) is 0 Å². The fourth-order valence-electron chi connectivity index (χ4n) is 1.54. The highest BCUT2D eigenvalue weighted by atomic mass is 19.2. The summed E-state index contributed by atoms with van der Waals surface area (Å²) in [6, 6.07) is 2.87. The third-order valence-corrected chi connectivity index (χ3v) is 2.41. The molecule has 0 saturated heterocycles. The lowest BCUT2D eigenvalue weighted by Crippen LogP contribution is -1.98. The number of hydrogen-bond donors (Lipinski definition) is 1. The highest BCUT2D eigenvalue weighted by molar-refractivity contribution is 5.57. The van der Waals surface area contributed by atoms with E-state index in [-0.39, 0.29) is 29.1 Å². The number of hydrogen-bond acceptors (Lipinski definition) is 3. The Kier molecular flexibility index (Phi) is 3.32. The van der Waals surface area contributed by atoms with Crippen LogP contribution < -0.4 is 0 Å². The van der Waals surface area contributed by atoms with Crippen molar-refractivity contribution >= 4 is 0 Å². The molecule has 0 aliphatic rings. The van der Waals surface area contributed by atoms with Gasteiger partial charge >= 0.3 is 0 Å². The molecule has 1 heterocycles. The van der Waals surface area contributed by atoms with Crippen molar-refractivity contribution in [2.24, 2.45) is 0 Å². The van der Waals surface area contributed by atoms with Crippen molar-refractivity contribution < 1.29 is 13.9 Å². The molecule has 2 rings (SSSR count). The van der Waals surface area contributed by atoms with E-state index >= 15 is 0 Å². The normalized spacial score (nSPS) is 10.3. The number of aromatic hydroxyl groups is 1. The Morgan fingerprint density at radius 1 is 1.17 bits per heavy atom. The number of halogens is 2. The molecule has 0 spiro atoms. The van der Waals surface area contributed by atoms with E-state index in [9.17, 15) is 8.78 Å². The monoisotopic (exact) mass is 248 g/mol. The molecule has 0 unspecified atom stereocenters. The van der Waals surface area contributed by atoms with E-state index in [0.717, 1.165) is 12.4 Å². The zero-order valence-electron chi connectivity index (χ0n) is 9.40. The summed E-state index contributed by atoms with van der Waals surface area (Å²) in [5, 5.41) is 9.04. The first-order valence-electron chi connectivity index (χ1n) is 5.22. The predicted molar refractivity (Wildman–Crippen MR) is 62.9 cm³/mol. The zero-order valence-corrected chi connectivity index (χ0v) is 9.40. The van der Waals surface area contributed by atoms with Crippen LogP contribution in [0.25, 0.3) is 11.4 Å². The highest BCUT2D eigenvalue weighted by Gasteiger charge is 2.15. The van der Waals surface area contributed by atoms with Crippen LogP contribution in [0.15, 0.2) is 37.2 Å². The average Bonchev–Trinajstić information content (AvgIpc) is 2.37. The van der Waals surface area contributed by atoms with Crippen LogP contribution in [-0.4, -0.2) is 15.1 Å². The van der Waals surface area contributed by atoms with Crippen molar-refractivity contribution in [1.29, 1.82) is 0 Å². The molecule has 0 aliphatic heterocycles. The van der Waals surface area contributed by atoms with E-state index in [1.807, 2.05) is 0 Å². The third-order valence-electron chi connectivity index (χ3n) is 2.41. The first-order chi connectivity index (χ1) is 8.63. The fourth-order valence-corrected chi connectivity index (χ4v) is 1.54. The van der Waals surface area contributed by atoms with Crippen LogP contribution in [0.1, 0.15) is 5.56 Å². The summed E-state index contributed by atoms with van der Waals surface area (Å²) in [7, 11) is 0. The molecule has 0 aliphatic carbocycles. The molecule has 0 fully saturated rings. The minimum absolute atomic E-state index is 0.0225. The average molecular weight is 248 g/mol. The largest absolute Gasteiger partial charge is 0.505 e. The molecule has 1 N–H and O–H groups in total. The maximum absolute atomic E-state index is 13.8. The van der Waals surface area contributed by atoms with Gasteiger partial charge in [0.2, 0.25) is 0 Å². The summed E-state index contributed by atoms with van der Waals surface area (Å²) in [6.07, 6.45) is 3.99. The molecule has 92 valence electrons. The zero-order chi connectivity index (χ0) is 13.1. The van der Waals surface area contributed by atoms with E-state index in [1.165, 1.54) is 18.2 Å². The lowest BCUT2D eigenvalue weighted by atomic mass is 10.1. The van der Waals surface area contributed by atoms with Crippen molar-refractivity contribution in [3.05, 3.63) is 54.4 Å². The molecular weight excluding hydrogens is 238 g/mol. The maximum Gasteiger partial charge on any atom is 0.170 e. The molecule has 0 bridgehead atoms. The van der Waals surface area contributed by atoms with E-state index in [1.54, 1.807) is 0 Å². The van der Waals surface area contributed by atoms with Crippen molar-refractivity contribution in [2.45, 2.75) is 6.42 Å². The lowest BCUT2D eigenvalue weighted by Gasteiger charge is -2.06. The third kappa shape index (κ3) is 2.20. The topological polar surface area (TPSA) is 46.0 Å². The van der Waals surface area contributed by atoms with Crippen molar-refractivity contribution in [3.63, 3.8) is 0 Å². The Bertz CT molecular complexity index is 582. The number of benzene rings is 1. The molecule has 0 atom stereocenters. The Labute approximate surface area is 102 Å². The van der Waals surface area contributed by atoms with Crippen LogP contribution in [0.2, 0.25) is 0 Å². The van der Waals surface area contributed by atoms with Crippen LogP contribution in [0.3, 0.4) is 0 Å². The summed E-state index contributed by atoms with van der Waals surface area (Å²) >= 11 is 0. The van der Waals surface area contributed by atoms with E-state index in [4.69, 9.17) is 5.11 Å². The van der Waals surface area contributed by atoms with E-state index in [0.29, 0.717) is 0 Å². The van der Waals surface area contributed by atoms with Gasteiger partial charge in [-0.2, -0.15) is 0 Å². The van der Waals surface area contributed by atoms with E-state index < -0.39 is 11.6 Å². The minimum atomic E-state index is -1.000. The van der Waals surface area contributed by atoms with Crippen molar-refractivity contribution in [1.82, 2.24) is 9.97 Å². The van der Waals surface area contributed by atoms with Gasteiger partial charge in [0.15, 0.2) is 23.2 Å². The van der Waals surface area contributed by atoms with Gasteiger partial charge in [-0.25, -0.2) is 18.7 Å². The standard InChI is InChI=1S/C13H10F2N2O/c1-2-3-8-4-5-10(12(15)11(8)14)13-16-6-9(18)7-17-13/h2,4-7,18H,1,3H2. The molecule has 0 amide bonds. The Morgan fingerprint density at radius 2 is 1.83 bits per heavy atom. The quantitative estimate of drug-likeness (QED) is 0.849. The molecule has 1 aromatic heterocycles. The summed E-state index contributed by atoms with van der Waals surface area (Å²) in [6.45, 7) is 3.48. The summed E-state index contributed by atoms with van der Waals surface area (Å²) in [4.78, 5) is 7.48. The molecule has 2 aromatic rings. The smallest absolute Gasteiger partial charge is 0.170 e. The van der Waals surface area contributed by atoms with Gasteiger partial charge in [-0.15, -0.1) is 6.58 Å². The van der Waals surface area contributed by atoms with Gasteiger partial charge in [-0.05, 0) is 18.1 Å². The van der Waals surface area contributed by atoms with Gasteiger partial charge in [0, 0.05) is 0 Å². The number of nitrogens with zero attached hydrogens (tertiary/aromatic N) is 2. The second-order valence-electron chi connectivity index (χ2n) is 3.66. The van der Waals surface area contributed by atoms with Gasteiger partial charge in [0.1, 0.15) is 0 Å². The van der Waals surface area contributed by atoms with Crippen molar-refractivity contribution in [3.8, 4) is 17.1 Å². The van der Waals surface area contributed by atoms with Gasteiger partial charge in [-0.1, -0.05) is 12.1 Å². The highest BCUT2D eigenvalue weighted by Crippen LogP contribution is 2.24. The molecule has 1 aromatic carbocycles. The van der Waals surface area contributed by atoms with Crippen LogP contribution >= 0.6 is 0 Å². The minimum Gasteiger partial charge on any atom is -0.505 e. The molecular formula is C13H10F2N2O. The van der Waals surface area contributed by atoms with Crippen LogP contribution in [0.5, 0.6) is 5.75 Å². The summed E-state index contributed by atoms with van der Waals surface area (Å²) in [5.74, 6) is -2.04. The van der Waals surface area contributed by atoms with Gasteiger partial charge in [0.05, 0.1) is 18.0 Å². The molecule has 18 heavy (non-hydrogen) atoms. The van der Waals surface area contributed by atoms with E-state index in [2.05, 4.69) is 16.5 Å². The number of allylic oxidation sites excluding steroid dienone is 1. The van der Waals surface area contributed by atoms with Crippen molar-refractivity contribution in [2.75, 3.05) is 0 Å². The summed E-state index contributed by atoms with van der Waals surface area (Å²) in [5.41, 5.74) is 0.186. The first kappa shape index (κ1) is 12.2. The predicted octanol–water partition coefficient (Wildman–Crippen LogP) is 2.86. The fraction of sp³-hybridized carbons (Fsp3) is 0.0769. The second kappa shape index (κ2) is 4.91. The molecule has 3 nitrogen and oxygen atoms in total. The Hall–Kier alpha value is -2.30. The summed E-state index contributed by atoms with van der Waals surface area (Å²) < 4.78 is 27.5. The lowest BCUT2D eigenvalue weighted by molar-refractivity contribution is 0.469. The van der Waals surface area contributed by atoms with Crippen LogP contribution in [0, 0.1) is 11.6 Å². The first-order valence-corrected chi connectivity index (χ1v) is 5.22. The SMILES string of the molecule is C=CCc1ccc(-c2ncc(O)cn2)c(F)c1F. The Morgan fingerprint density at radius 3 is 2.44 bits per heavy atom. The number of aromatic nitrogens is 2. The van der Waals surface area contributed by atoms with Crippen LogP contribution in [-0.2, 0) is 6.42 Å². The second-order valence-corrected chi connectivity index (χ2v) is 3.66. The molecule has 5 heteroatoms. The molecule has 0 radical (unpaired) electrons. The van der Waals surface area contributed by atoms with Gasteiger partial charge < -0.3 is 5.11 Å². The Balaban J connectivity index is 2.49. The number of rotatable bonds is 3.